The second-order valence-corrected chi connectivity index (χ2v) is 5.62. The van der Waals surface area contributed by atoms with Crippen LogP contribution in [0, 0.1) is 0 Å². The van der Waals surface area contributed by atoms with Crippen LogP contribution in [0.4, 0.5) is 0 Å². The predicted octanol–water partition coefficient (Wildman–Crippen LogP) is 5.88. The highest BCUT2D eigenvalue weighted by Crippen LogP contribution is 2.36. The van der Waals surface area contributed by atoms with E-state index in [1.54, 1.807) is 11.8 Å². The third kappa shape index (κ3) is 3.32. The molecule has 0 bridgehead atoms. The Kier molecular flexibility index (Phi) is 4.63. The molecule has 2 aromatic rings. The lowest BCUT2D eigenvalue weighted by Crippen LogP contribution is -1.85. The zero-order chi connectivity index (χ0) is 12.3. The molecule has 0 fully saturated rings. The molecule has 0 N–H and O–H groups in total. The first-order valence-electron chi connectivity index (χ1n) is 4.97. The van der Waals surface area contributed by atoms with Gasteiger partial charge in [0.1, 0.15) is 0 Å². The van der Waals surface area contributed by atoms with Crippen molar-refractivity contribution in [2.75, 3.05) is 0 Å². The van der Waals surface area contributed by atoms with E-state index in [0.717, 1.165) is 15.4 Å². The van der Waals surface area contributed by atoms with Crippen LogP contribution in [0.5, 0.6) is 0 Å². The van der Waals surface area contributed by atoms with Crippen molar-refractivity contribution < 1.29 is 0 Å². The summed E-state index contributed by atoms with van der Waals surface area (Å²) in [6.07, 6.45) is 0. The van der Waals surface area contributed by atoms with Crippen molar-refractivity contribution in [3.05, 3.63) is 58.1 Å². The lowest BCUT2D eigenvalue weighted by molar-refractivity contribution is 1.25. The molecule has 0 aliphatic rings. The van der Waals surface area contributed by atoms with Crippen LogP contribution in [-0.2, 0) is 5.88 Å². The second kappa shape index (κ2) is 6.01. The molecule has 0 spiro atoms. The summed E-state index contributed by atoms with van der Waals surface area (Å²) in [6, 6.07) is 13.8. The Hall–Kier alpha value is -0.340. The molecular formula is C13H9Cl3S. The number of hydrogen-bond donors (Lipinski definition) is 0. The average molecular weight is 304 g/mol. The van der Waals surface area contributed by atoms with Crippen molar-refractivity contribution in [1.29, 1.82) is 0 Å². The first-order valence-corrected chi connectivity index (χ1v) is 7.08. The van der Waals surface area contributed by atoms with Crippen LogP contribution < -0.4 is 0 Å². The van der Waals surface area contributed by atoms with Crippen molar-refractivity contribution in [1.82, 2.24) is 0 Å². The van der Waals surface area contributed by atoms with E-state index >= 15 is 0 Å². The Morgan fingerprint density at radius 2 is 1.59 bits per heavy atom. The molecule has 0 aromatic heterocycles. The summed E-state index contributed by atoms with van der Waals surface area (Å²) in [5.74, 6) is 0.423. The van der Waals surface area contributed by atoms with Gasteiger partial charge >= 0.3 is 0 Å². The van der Waals surface area contributed by atoms with Crippen LogP contribution in [0.25, 0.3) is 0 Å². The summed E-state index contributed by atoms with van der Waals surface area (Å²) < 4.78 is 0. The third-order valence-electron chi connectivity index (χ3n) is 2.22. The lowest BCUT2D eigenvalue weighted by atomic mass is 10.2. The second-order valence-electron chi connectivity index (χ2n) is 3.42. The standard InChI is InChI=1S/C13H9Cl3S/c14-8-9-6-11(15)12(16)7-13(9)17-10-4-2-1-3-5-10/h1-7H,8H2. The largest absolute Gasteiger partial charge is 0.122 e. The van der Waals surface area contributed by atoms with Crippen molar-refractivity contribution in [3.8, 4) is 0 Å². The molecule has 88 valence electrons. The van der Waals surface area contributed by atoms with Gasteiger partial charge in [-0.15, -0.1) is 11.6 Å². The van der Waals surface area contributed by atoms with Gasteiger partial charge in [-0.25, -0.2) is 0 Å². The summed E-state index contributed by atoms with van der Waals surface area (Å²) in [5, 5.41) is 1.10. The average Bonchev–Trinajstić information content (AvgIpc) is 2.35. The minimum atomic E-state index is 0.423. The summed E-state index contributed by atoms with van der Waals surface area (Å²) in [6.45, 7) is 0. The fraction of sp³-hybridized carbons (Fsp3) is 0.0769. The monoisotopic (exact) mass is 302 g/mol. The third-order valence-corrected chi connectivity index (χ3v) is 4.34. The van der Waals surface area contributed by atoms with Crippen LogP contribution in [0.1, 0.15) is 5.56 Å². The molecule has 0 saturated carbocycles. The number of benzene rings is 2. The van der Waals surface area contributed by atoms with Crippen LogP contribution in [0.15, 0.2) is 52.3 Å². The molecule has 0 nitrogen and oxygen atoms in total. The fourth-order valence-electron chi connectivity index (χ4n) is 1.38. The molecule has 0 aliphatic heterocycles. The summed E-state index contributed by atoms with van der Waals surface area (Å²) in [5.41, 5.74) is 0.995. The molecule has 2 aromatic carbocycles. The van der Waals surface area contributed by atoms with E-state index in [9.17, 15) is 0 Å². The molecule has 0 heterocycles. The van der Waals surface area contributed by atoms with Crippen LogP contribution >= 0.6 is 46.6 Å². The first kappa shape index (κ1) is 13.1. The zero-order valence-corrected chi connectivity index (χ0v) is 11.9. The molecule has 0 unspecified atom stereocenters. The van der Waals surface area contributed by atoms with E-state index in [4.69, 9.17) is 34.8 Å². The van der Waals surface area contributed by atoms with Crippen LogP contribution in [-0.4, -0.2) is 0 Å². The van der Waals surface area contributed by atoms with Crippen molar-refractivity contribution in [3.63, 3.8) is 0 Å². The van der Waals surface area contributed by atoms with Gasteiger partial charge in [-0.3, -0.25) is 0 Å². The van der Waals surface area contributed by atoms with Gasteiger partial charge in [0.05, 0.1) is 10.0 Å². The lowest BCUT2D eigenvalue weighted by Gasteiger charge is -2.08. The molecule has 0 radical (unpaired) electrons. The molecule has 0 aliphatic carbocycles. The van der Waals surface area contributed by atoms with Gasteiger partial charge in [0.2, 0.25) is 0 Å². The van der Waals surface area contributed by atoms with Crippen molar-refractivity contribution >= 4 is 46.6 Å². The highest BCUT2D eigenvalue weighted by Gasteiger charge is 2.08. The molecule has 4 heteroatoms. The van der Waals surface area contributed by atoms with Crippen molar-refractivity contribution in [2.24, 2.45) is 0 Å². The van der Waals surface area contributed by atoms with Gasteiger partial charge < -0.3 is 0 Å². The van der Waals surface area contributed by atoms with E-state index in [-0.39, 0.29) is 0 Å². The zero-order valence-electron chi connectivity index (χ0n) is 8.79. The molecule has 17 heavy (non-hydrogen) atoms. The van der Waals surface area contributed by atoms with E-state index in [2.05, 4.69) is 0 Å². The van der Waals surface area contributed by atoms with E-state index < -0.39 is 0 Å². The number of alkyl halides is 1. The quantitative estimate of drug-likeness (QED) is 0.638. The maximum atomic E-state index is 6.02. The van der Waals surface area contributed by atoms with E-state index in [1.165, 1.54) is 0 Å². The Bertz CT molecular complexity index is 512. The molecule has 0 amide bonds. The first-order chi connectivity index (χ1) is 8.20. The Morgan fingerprint density at radius 1 is 0.941 bits per heavy atom. The summed E-state index contributed by atoms with van der Waals surface area (Å²) in [7, 11) is 0. The predicted molar refractivity (Wildman–Crippen MR) is 76.6 cm³/mol. The van der Waals surface area contributed by atoms with Gasteiger partial charge in [0.25, 0.3) is 0 Å². The maximum Gasteiger partial charge on any atom is 0.0603 e. The minimum Gasteiger partial charge on any atom is -0.122 e. The maximum absolute atomic E-state index is 6.02. The van der Waals surface area contributed by atoms with Gasteiger partial charge in [0.15, 0.2) is 0 Å². The van der Waals surface area contributed by atoms with E-state index in [1.807, 2.05) is 42.5 Å². The Balaban J connectivity index is 2.35. The fourth-order valence-corrected chi connectivity index (χ4v) is 3.09. The number of halogens is 3. The van der Waals surface area contributed by atoms with Crippen molar-refractivity contribution in [2.45, 2.75) is 15.7 Å². The summed E-state index contributed by atoms with van der Waals surface area (Å²) in [4.78, 5) is 2.19. The van der Waals surface area contributed by atoms with Gasteiger partial charge in [-0.2, -0.15) is 0 Å². The normalized spacial score (nSPS) is 10.5. The Morgan fingerprint density at radius 3 is 2.24 bits per heavy atom. The van der Waals surface area contributed by atoms with Gasteiger partial charge in [-0.05, 0) is 29.8 Å². The highest BCUT2D eigenvalue weighted by atomic mass is 35.5. The van der Waals surface area contributed by atoms with E-state index in [0.29, 0.717) is 15.9 Å². The van der Waals surface area contributed by atoms with Gasteiger partial charge in [0, 0.05) is 15.7 Å². The molecule has 2 rings (SSSR count). The highest BCUT2D eigenvalue weighted by molar-refractivity contribution is 7.99. The molecule has 0 saturated heterocycles. The SMILES string of the molecule is ClCc1cc(Cl)c(Cl)cc1Sc1ccccc1. The number of hydrogen-bond acceptors (Lipinski definition) is 1. The molecular weight excluding hydrogens is 295 g/mol. The van der Waals surface area contributed by atoms with Crippen LogP contribution in [0.2, 0.25) is 10.0 Å². The van der Waals surface area contributed by atoms with Gasteiger partial charge in [-0.1, -0.05) is 53.2 Å². The smallest absolute Gasteiger partial charge is 0.0603 e. The topological polar surface area (TPSA) is 0 Å². The summed E-state index contributed by atoms with van der Waals surface area (Å²) >= 11 is 19.5. The van der Waals surface area contributed by atoms with Crippen LogP contribution in [0.3, 0.4) is 0 Å². The minimum absolute atomic E-state index is 0.423. The Labute approximate surface area is 120 Å². The number of rotatable bonds is 3. The molecule has 0 atom stereocenters.